The number of aromatic amines is 1. The topological polar surface area (TPSA) is 92.0 Å². The molecule has 0 aromatic carbocycles. The number of H-pyrrole nitrogens is 1. The van der Waals surface area contributed by atoms with Crippen LogP contribution < -0.4 is 11.3 Å². The van der Waals surface area contributed by atoms with Crippen LogP contribution in [-0.2, 0) is 12.8 Å². The van der Waals surface area contributed by atoms with Gasteiger partial charge in [0.15, 0.2) is 0 Å². The van der Waals surface area contributed by atoms with Gasteiger partial charge in [-0.2, -0.15) is 0 Å². The molecule has 0 unspecified atom stereocenters. The van der Waals surface area contributed by atoms with Crippen molar-refractivity contribution in [2.75, 3.05) is 6.54 Å². The van der Waals surface area contributed by atoms with E-state index in [1.807, 2.05) is 6.92 Å². The molecular formula is C9H15N3O2. The number of rotatable bonds is 4. The lowest BCUT2D eigenvalue weighted by Gasteiger charge is -2.03. The molecular weight excluding hydrogens is 182 g/mol. The van der Waals surface area contributed by atoms with Gasteiger partial charge in [0, 0.05) is 6.42 Å². The molecule has 78 valence electrons. The van der Waals surface area contributed by atoms with Gasteiger partial charge in [-0.1, -0.05) is 13.3 Å². The summed E-state index contributed by atoms with van der Waals surface area (Å²) < 4.78 is 0. The minimum atomic E-state index is -0.261. The maximum absolute atomic E-state index is 11.4. The van der Waals surface area contributed by atoms with Crippen LogP contribution in [0, 0.1) is 0 Å². The van der Waals surface area contributed by atoms with Crippen molar-refractivity contribution in [1.29, 1.82) is 0 Å². The minimum absolute atomic E-state index is 0.168. The zero-order valence-electron chi connectivity index (χ0n) is 8.21. The first-order valence-electron chi connectivity index (χ1n) is 4.70. The first-order valence-corrected chi connectivity index (χ1v) is 4.70. The summed E-state index contributed by atoms with van der Waals surface area (Å²) in [5.74, 6) is 0.272. The van der Waals surface area contributed by atoms with Gasteiger partial charge in [-0.25, -0.2) is 4.98 Å². The number of nitrogens with two attached hydrogens (primary N) is 1. The van der Waals surface area contributed by atoms with Gasteiger partial charge < -0.3 is 15.8 Å². The molecule has 1 rings (SSSR count). The Morgan fingerprint density at radius 1 is 1.50 bits per heavy atom. The average Bonchev–Trinajstić information content (AvgIpc) is 2.12. The third kappa shape index (κ3) is 2.32. The molecule has 5 nitrogen and oxygen atoms in total. The first-order chi connectivity index (χ1) is 6.69. The van der Waals surface area contributed by atoms with Crippen LogP contribution >= 0.6 is 0 Å². The minimum Gasteiger partial charge on any atom is -0.493 e. The van der Waals surface area contributed by atoms with E-state index < -0.39 is 0 Å². The highest BCUT2D eigenvalue weighted by Gasteiger charge is 2.08. The van der Waals surface area contributed by atoms with E-state index in [1.54, 1.807) is 0 Å². The highest BCUT2D eigenvalue weighted by Crippen LogP contribution is 2.10. The summed E-state index contributed by atoms with van der Waals surface area (Å²) >= 11 is 0. The van der Waals surface area contributed by atoms with E-state index in [0.29, 0.717) is 30.8 Å². The van der Waals surface area contributed by atoms with E-state index in [1.165, 1.54) is 0 Å². The van der Waals surface area contributed by atoms with Crippen LogP contribution in [0.5, 0.6) is 5.88 Å². The molecule has 0 aliphatic rings. The quantitative estimate of drug-likeness (QED) is 0.630. The molecule has 1 aromatic rings. The smallest absolute Gasteiger partial charge is 0.257 e. The lowest BCUT2D eigenvalue weighted by molar-refractivity contribution is 0.439. The maximum atomic E-state index is 11.4. The Bertz CT molecular complexity index is 360. The van der Waals surface area contributed by atoms with Crippen molar-refractivity contribution < 1.29 is 5.11 Å². The zero-order valence-corrected chi connectivity index (χ0v) is 8.21. The Morgan fingerprint density at radius 2 is 2.21 bits per heavy atom. The Balaban J connectivity index is 3.05. The molecule has 0 radical (unpaired) electrons. The maximum Gasteiger partial charge on any atom is 0.257 e. The lowest BCUT2D eigenvalue weighted by atomic mass is 10.2. The molecule has 0 amide bonds. The summed E-state index contributed by atoms with van der Waals surface area (Å²) in [5.41, 5.74) is 5.41. The summed E-state index contributed by atoms with van der Waals surface area (Å²) in [4.78, 5) is 17.9. The average molecular weight is 197 g/mol. The predicted molar refractivity (Wildman–Crippen MR) is 53.3 cm³/mol. The fraction of sp³-hybridized carbons (Fsp3) is 0.556. The van der Waals surface area contributed by atoms with Crippen LogP contribution in [0.1, 0.15) is 24.7 Å². The van der Waals surface area contributed by atoms with Gasteiger partial charge in [-0.15, -0.1) is 0 Å². The fourth-order valence-electron chi connectivity index (χ4n) is 1.26. The summed E-state index contributed by atoms with van der Waals surface area (Å²) in [6.45, 7) is 2.34. The van der Waals surface area contributed by atoms with Crippen LogP contribution in [0.4, 0.5) is 0 Å². The molecule has 0 atom stereocenters. The predicted octanol–water partition coefficient (Wildman–Crippen LogP) is -0.0708. The molecule has 0 saturated heterocycles. The van der Waals surface area contributed by atoms with E-state index in [9.17, 15) is 9.90 Å². The molecule has 0 aliphatic carbocycles. The molecule has 0 aliphatic heterocycles. The van der Waals surface area contributed by atoms with Gasteiger partial charge >= 0.3 is 0 Å². The molecule has 0 saturated carbocycles. The van der Waals surface area contributed by atoms with Crippen LogP contribution in [0.2, 0.25) is 0 Å². The fourth-order valence-corrected chi connectivity index (χ4v) is 1.26. The van der Waals surface area contributed by atoms with E-state index in [2.05, 4.69) is 9.97 Å². The number of hydrogen-bond donors (Lipinski definition) is 3. The van der Waals surface area contributed by atoms with Crippen LogP contribution in [0.15, 0.2) is 4.79 Å². The Morgan fingerprint density at radius 3 is 2.71 bits per heavy atom. The second-order valence-electron chi connectivity index (χ2n) is 3.10. The Kier molecular flexibility index (Phi) is 3.64. The largest absolute Gasteiger partial charge is 0.493 e. The zero-order chi connectivity index (χ0) is 10.6. The van der Waals surface area contributed by atoms with Gasteiger partial charge in [0.1, 0.15) is 5.82 Å². The summed E-state index contributed by atoms with van der Waals surface area (Å²) in [6, 6.07) is 0. The third-order valence-corrected chi connectivity index (χ3v) is 1.92. The van der Waals surface area contributed by atoms with E-state index in [0.717, 1.165) is 6.42 Å². The van der Waals surface area contributed by atoms with E-state index >= 15 is 0 Å². The van der Waals surface area contributed by atoms with Gasteiger partial charge in [0.05, 0.1) is 5.56 Å². The van der Waals surface area contributed by atoms with Crippen molar-refractivity contribution >= 4 is 0 Å². The van der Waals surface area contributed by atoms with Crippen molar-refractivity contribution in [1.82, 2.24) is 9.97 Å². The first kappa shape index (κ1) is 10.7. The highest BCUT2D eigenvalue weighted by atomic mass is 16.3. The van der Waals surface area contributed by atoms with Crippen molar-refractivity contribution in [3.05, 3.63) is 21.7 Å². The standard InChI is InChI=1S/C9H15N3O2/c1-2-3-6-8(13)11-7(4-5-10)12-9(6)14/h2-5,10H2,1H3,(H2,11,12,13,14). The second-order valence-corrected chi connectivity index (χ2v) is 3.10. The second kappa shape index (κ2) is 4.76. The number of aromatic nitrogens is 2. The number of nitrogens with one attached hydrogen (secondary N) is 1. The van der Waals surface area contributed by atoms with Gasteiger partial charge in [-0.3, -0.25) is 4.79 Å². The van der Waals surface area contributed by atoms with E-state index in [4.69, 9.17) is 5.73 Å². The molecule has 0 fully saturated rings. The van der Waals surface area contributed by atoms with Crippen molar-refractivity contribution in [2.24, 2.45) is 5.73 Å². The van der Waals surface area contributed by atoms with Gasteiger partial charge in [0.25, 0.3) is 5.56 Å². The van der Waals surface area contributed by atoms with Gasteiger partial charge in [0.2, 0.25) is 5.88 Å². The summed E-state index contributed by atoms with van der Waals surface area (Å²) in [7, 11) is 0. The summed E-state index contributed by atoms with van der Waals surface area (Å²) in [6.07, 6.45) is 1.81. The molecule has 4 N–H and O–H groups in total. The van der Waals surface area contributed by atoms with Gasteiger partial charge in [-0.05, 0) is 13.0 Å². The molecule has 1 heterocycles. The molecule has 14 heavy (non-hydrogen) atoms. The number of hydrogen-bond acceptors (Lipinski definition) is 4. The van der Waals surface area contributed by atoms with Crippen LogP contribution in [-0.4, -0.2) is 21.6 Å². The van der Waals surface area contributed by atoms with Crippen molar-refractivity contribution in [3.63, 3.8) is 0 Å². The SMILES string of the molecule is CCCc1c(O)nc(CCN)[nH]c1=O. The molecule has 0 bridgehead atoms. The van der Waals surface area contributed by atoms with Crippen LogP contribution in [0.3, 0.4) is 0 Å². The molecule has 0 spiro atoms. The molecule has 1 aromatic heterocycles. The Labute approximate surface area is 82.0 Å². The monoisotopic (exact) mass is 197 g/mol. The van der Waals surface area contributed by atoms with Crippen molar-refractivity contribution in [2.45, 2.75) is 26.2 Å². The van der Waals surface area contributed by atoms with Crippen molar-refractivity contribution in [3.8, 4) is 5.88 Å². The molecule has 5 heteroatoms. The highest BCUT2D eigenvalue weighted by molar-refractivity contribution is 5.22. The normalized spacial score (nSPS) is 10.4. The summed E-state index contributed by atoms with van der Waals surface area (Å²) in [5, 5.41) is 9.46. The van der Waals surface area contributed by atoms with E-state index in [-0.39, 0.29) is 11.4 Å². The number of nitrogens with zero attached hydrogens (tertiary/aromatic N) is 1. The third-order valence-electron chi connectivity index (χ3n) is 1.92. The Hall–Kier alpha value is -1.36. The lowest BCUT2D eigenvalue weighted by Crippen LogP contribution is -2.18. The van der Waals surface area contributed by atoms with Crippen LogP contribution in [0.25, 0.3) is 0 Å². The number of aromatic hydroxyl groups is 1.